The summed E-state index contributed by atoms with van der Waals surface area (Å²) in [5.74, 6) is -0.326. The van der Waals surface area contributed by atoms with Crippen LogP contribution >= 0.6 is 11.6 Å². The van der Waals surface area contributed by atoms with Crippen LogP contribution in [0.3, 0.4) is 0 Å². The minimum absolute atomic E-state index is 0.226. The van der Waals surface area contributed by atoms with Crippen molar-refractivity contribution in [2.75, 3.05) is 20.3 Å². The standard InChI is InChI=1S/C28H28ClN3O6/c1-3-4-15-37-21-12-10-20(11-13-21)28(35)38-24-14-9-19(16-25(24)36-2)17-31-32-26(33)18-30-27(34)22-7-5-6-8-23(22)29/h5-14,16-17H,3-4,15,18H2,1-2H3,(H,30,34)(H,32,33)/b31-17+. The fraction of sp³-hybridized carbons (Fsp3) is 0.214. The summed E-state index contributed by atoms with van der Waals surface area (Å²) >= 11 is 5.98. The number of carbonyl (C=O) groups is 3. The average molecular weight is 538 g/mol. The van der Waals surface area contributed by atoms with Crippen molar-refractivity contribution in [1.82, 2.24) is 10.7 Å². The second-order valence-electron chi connectivity index (χ2n) is 7.98. The van der Waals surface area contributed by atoms with Gasteiger partial charge in [0.25, 0.3) is 11.8 Å². The van der Waals surface area contributed by atoms with E-state index in [1.165, 1.54) is 13.3 Å². The fourth-order valence-corrected chi connectivity index (χ4v) is 3.37. The highest BCUT2D eigenvalue weighted by Gasteiger charge is 2.14. The second kappa shape index (κ2) is 14.4. The van der Waals surface area contributed by atoms with Gasteiger partial charge in [0.1, 0.15) is 5.75 Å². The molecule has 0 bridgehead atoms. The molecule has 0 aliphatic carbocycles. The van der Waals surface area contributed by atoms with Crippen molar-refractivity contribution < 1.29 is 28.6 Å². The lowest BCUT2D eigenvalue weighted by Gasteiger charge is -2.10. The van der Waals surface area contributed by atoms with Gasteiger partial charge in [-0.1, -0.05) is 37.1 Å². The maximum atomic E-state index is 12.6. The molecule has 0 spiro atoms. The van der Waals surface area contributed by atoms with Crippen LogP contribution in [0, 0.1) is 0 Å². The minimum atomic E-state index is -0.545. The molecule has 0 fully saturated rings. The summed E-state index contributed by atoms with van der Waals surface area (Å²) in [5.41, 5.74) is 3.54. The predicted octanol–water partition coefficient (Wildman–Crippen LogP) is 4.63. The predicted molar refractivity (Wildman–Crippen MR) is 144 cm³/mol. The number of halogens is 1. The third-order valence-electron chi connectivity index (χ3n) is 5.18. The molecule has 0 heterocycles. The van der Waals surface area contributed by atoms with Crippen molar-refractivity contribution in [2.45, 2.75) is 19.8 Å². The largest absolute Gasteiger partial charge is 0.494 e. The van der Waals surface area contributed by atoms with Crippen LogP contribution in [-0.4, -0.2) is 44.3 Å². The number of carbonyl (C=O) groups excluding carboxylic acids is 3. The van der Waals surface area contributed by atoms with Crippen LogP contribution in [0.15, 0.2) is 71.8 Å². The summed E-state index contributed by atoms with van der Waals surface area (Å²) in [6, 6.07) is 18.0. The van der Waals surface area contributed by atoms with E-state index in [1.54, 1.807) is 66.7 Å². The van der Waals surface area contributed by atoms with E-state index in [2.05, 4.69) is 22.8 Å². The van der Waals surface area contributed by atoms with Gasteiger partial charge in [-0.2, -0.15) is 5.10 Å². The molecule has 198 valence electrons. The number of rotatable bonds is 12. The van der Waals surface area contributed by atoms with Crippen LogP contribution < -0.4 is 25.0 Å². The molecule has 0 radical (unpaired) electrons. The van der Waals surface area contributed by atoms with Gasteiger partial charge in [0.2, 0.25) is 0 Å². The Morgan fingerprint density at radius 3 is 2.47 bits per heavy atom. The Balaban J connectivity index is 1.52. The van der Waals surface area contributed by atoms with Gasteiger partial charge in [-0.25, -0.2) is 10.2 Å². The molecule has 10 heteroatoms. The van der Waals surface area contributed by atoms with E-state index in [-0.39, 0.29) is 22.9 Å². The highest BCUT2D eigenvalue weighted by Crippen LogP contribution is 2.28. The quantitative estimate of drug-likeness (QED) is 0.114. The Morgan fingerprint density at radius 1 is 1.00 bits per heavy atom. The summed E-state index contributed by atoms with van der Waals surface area (Å²) in [5, 5.41) is 6.65. The third kappa shape index (κ3) is 8.35. The Bertz CT molecular complexity index is 1290. The summed E-state index contributed by atoms with van der Waals surface area (Å²) in [7, 11) is 1.44. The molecule has 0 saturated heterocycles. The van der Waals surface area contributed by atoms with Gasteiger partial charge >= 0.3 is 5.97 Å². The summed E-state index contributed by atoms with van der Waals surface area (Å²) in [4.78, 5) is 36.7. The second-order valence-corrected chi connectivity index (χ2v) is 8.39. The summed E-state index contributed by atoms with van der Waals surface area (Å²) in [6.07, 6.45) is 3.38. The number of unbranched alkanes of at least 4 members (excludes halogenated alkanes) is 1. The molecule has 0 aromatic heterocycles. The SMILES string of the molecule is CCCCOc1ccc(C(=O)Oc2ccc(/C=N/NC(=O)CNC(=O)c3ccccc3Cl)cc2OC)cc1. The zero-order valence-corrected chi connectivity index (χ0v) is 21.8. The molecule has 0 saturated carbocycles. The van der Waals surface area contributed by atoms with Crippen molar-refractivity contribution in [3.63, 3.8) is 0 Å². The van der Waals surface area contributed by atoms with E-state index in [4.69, 9.17) is 25.8 Å². The van der Waals surface area contributed by atoms with Crippen LogP contribution in [0.25, 0.3) is 0 Å². The van der Waals surface area contributed by atoms with Crippen molar-refractivity contribution in [3.8, 4) is 17.2 Å². The van der Waals surface area contributed by atoms with E-state index < -0.39 is 17.8 Å². The third-order valence-corrected chi connectivity index (χ3v) is 5.51. The smallest absolute Gasteiger partial charge is 0.343 e. The number of nitrogens with zero attached hydrogens (tertiary/aromatic N) is 1. The molecule has 2 N–H and O–H groups in total. The number of hydrogen-bond acceptors (Lipinski definition) is 7. The number of methoxy groups -OCH3 is 1. The normalized spacial score (nSPS) is 10.6. The molecule has 9 nitrogen and oxygen atoms in total. The zero-order chi connectivity index (χ0) is 27.3. The lowest BCUT2D eigenvalue weighted by molar-refractivity contribution is -0.120. The summed E-state index contributed by atoms with van der Waals surface area (Å²) < 4.78 is 16.4. The molecule has 38 heavy (non-hydrogen) atoms. The summed E-state index contributed by atoms with van der Waals surface area (Å²) in [6.45, 7) is 2.42. The maximum absolute atomic E-state index is 12.6. The first-order valence-electron chi connectivity index (χ1n) is 11.9. The van der Waals surface area contributed by atoms with Crippen LogP contribution in [0.1, 0.15) is 46.0 Å². The van der Waals surface area contributed by atoms with Crippen LogP contribution in [0.5, 0.6) is 17.2 Å². The number of amides is 2. The van der Waals surface area contributed by atoms with E-state index in [0.29, 0.717) is 29.2 Å². The lowest BCUT2D eigenvalue weighted by Crippen LogP contribution is -2.35. The van der Waals surface area contributed by atoms with Crippen molar-refractivity contribution in [1.29, 1.82) is 0 Å². The van der Waals surface area contributed by atoms with Crippen molar-refractivity contribution >= 4 is 35.6 Å². The van der Waals surface area contributed by atoms with Gasteiger partial charge in [0.15, 0.2) is 11.5 Å². The van der Waals surface area contributed by atoms with E-state index in [0.717, 1.165) is 12.8 Å². The van der Waals surface area contributed by atoms with Gasteiger partial charge in [0.05, 0.1) is 42.6 Å². The van der Waals surface area contributed by atoms with Crippen molar-refractivity contribution in [2.24, 2.45) is 5.10 Å². The Hall–Kier alpha value is -4.37. The molecule has 0 atom stereocenters. The monoisotopic (exact) mass is 537 g/mol. The molecular weight excluding hydrogens is 510 g/mol. The van der Waals surface area contributed by atoms with Gasteiger partial charge < -0.3 is 19.5 Å². The van der Waals surface area contributed by atoms with Gasteiger partial charge in [-0.3, -0.25) is 9.59 Å². The Morgan fingerprint density at radius 2 is 1.76 bits per heavy atom. The number of hydrogen-bond donors (Lipinski definition) is 2. The first kappa shape index (κ1) is 28.2. The number of nitrogens with one attached hydrogen (secondary N) is 2. The van der Waals surface area contributed by atoms with E-state index in [9.17, 15) is 14.4 Å². The van der Waals surface area contributed by atoms with Gasteiger partial charge in [0, 0.05) is 0 Å². The first-order valence-corrected chi connectivity index (χ1v) is 12.3. The lowest BCUT2D eigenvalue weighted by atomic mass is 10.2. The minimum Gasteiger partial charge on any atom is -0.494 e. The number of ether oxygens (including phenoxy) is 3. The Kier molecular flexibility index (Phi) is 10.7. The number of benzene rings is 3. The highest BCUT2D eigenvalue weighted by atomic mass is 35.5. The zero-order valence-electron chi connectivity index (χ0n) is 21.0. The van der Waals surface area contributed by atoms with Crippen LogP contribution in [-0.2, 0) is 4.79 Å². The highest BCUT2D eigenvalue weighted by molar-refractivity contribution is 6.33. The van der Waals surface area contributed by atoms with E-state index in [1.807, 2.05) is 0 Å². The van der Waals surface area contributed by atoms with Gasteiger partial charge in [-0.15, -0.1) is 0 Å². The maximum Gasteiger partial charge on any atom is 0.343 e. The molecule has 0 aliphatic heterocycles. The molecule has 0 unspecified atom stereocenters. The van der Waals surface area contributed by atoms with Crippen LogP contribution in [0.4, 0.5) is 0 Å². The average Bonchev–Trinajstić information content (AvgIpc) is 2.93. The van der Waals surface area contributed by atoms with Crippen LogP contribution in [0.2, 0.25) is 5.02 Å². The molecule has 3 rings (SSSR count). The number of esters is 1. The first-order chi connectivity index (χ1) is 18.4. The van der Waals surface area contributed by atoms with Gasteiger partial charge in [-0.05, 0) is 66.6 Å². The molecule has 2 amide bonds. The number of hydrazone groups is 1. The fourth-order valence-electron chi connectivity index (χ4n) is 3.15. The molecule has 3 aromatic carbocycles. The topological polar surface area (TPSA) is 115 Å². The van der Waals surface area contributed by atoms with E-state index >= 15 is 0 Å². The van der Waals surface area contributed by atoms with Crippen molar-refractivity contribution in [3.05, 3.63) is 88.4 Å². The molecule has 3 aromatic rings. The molecular formula is C28H28ClN3O6. The molecule has 0 aliphatic rings. The Labute approximate surface area is 225 Å².